The number of benzene rings is 2. The molecule has 0 saturated heterocycles. The Morgan fingerprint density at radius 2 is 2.14 bits per heavy atom. The number of phenolic OH excluding ortho intramolecular Hbond substituents is 1. The van der Waals surface area contributed by atoms with Crippen LogP contribution in [0.4, 0.5) is 11.4 Å². The Morgan fingerprint density at radius 1 is 1.29 bits per heavy atom. The second kappa shape index (κ2) is 5.54. The van der Waals surface area contributed by atoms with E-state index in [4.69, 9.17) is 16.3 Å². The van der Waals surface area contributed by atoms with Gasteiger partial charge in [-0.05, 0) is 36.4 Å². The number of phenols is 1. The van der Waals surface area contributed by atoms with E-state index in [-0.39, 0.29) is 18.3 Å². The lowest BCUT2D eigenvalue weighted by Gasteiger charge is -2.19. The van der Waals surface area contributed by atoms with Crippen molar-refractivity contribution in [3.05, 3.63) is 47.0 Å². The maximum absolute atomic E-state index is 11.3. The second-order valence-electron chi connectivity index (χ2n) is 4.67. The molecule has 1 aliphatic heterocycles. The number of hydrogen-bond donors (Lipinski definition) is 3. The lowest BCUT2D eigenvalue weighted by Crippen LogP contribution is -2.25. The predicted molar refractivity (Wildman–Crippen MR) is 81.0 cm³/mol. The molecule has 0 fully saturated rings. The van der Waals surface area contributed by atoms with E-state index in [1.165, 1.54) is 0 Å². The molecule has 3 N–H and O–H groups in total. The summed E-state index contributed by atoms with van der Waals surface area (Å²) in [6.07, 6.45) is 0. The number of carbonyl (C=O) groups excluding carboxylic acids is 1. The standard InChI is InChI=1S/C15H13ClN2O3/c16-10-1-3-13(19)9(5-10)7-17-11-2-4-14-12(6-11)18-15(20)8-21-14/h1-6,17,19H,7-8H2,(H,18,20). The van der Waals surface area contributed by atoms with Crippen LogP contribution in [0.3, 0.4) is 0 Å². The summed E-state index contributed by atoms with van der Waals surface area (Å²) in [6, 6.07) is 10.3. The van der Waals surface area contributed by atoms with E-state index in [9.17, 15) is 9.90 Å². The third-order valence-electron chi connectivity index (χ3n) is 3.14. The summed E-state index contributed by atoms with van der Waals surface area (Å²) in [5.41, 5.74) is 2.13. The maximum atomic E-state index is 11.3. The lowest BCUT2D eigenvalue weighted by molar-refractivity contribution is -0.118. The average molecular weight is 305 g/mol. The van der Waals surface area contributed by atoms with Gasteiger partial charge in [-0.15, -0.1) is 0 Å². The lowest BCUT2D eigenvalue weighted by atomic mass is 10.2. The highest BCUT2D eigenvalue weighted by Gasteiger charge is 2.15. The molecule has 1 amide bonds. The third kappa shape index (κ3) is 3.03. The zero-order valence-corrected chi connectivity index (χ0v) is 11.8. The van der Waals surface area contributed by atoms with Crippen molar-refractivity contribution in [2.75, 3.05) is 17.2 Å². The predicted octanol–water partition coefficient (Wildman–Crippen LogP) is 2.99. The van der Waals surface area contributed by atoms with E-state index in [0.29, 0.717) is 28.6 Å². The van der Waals surface area contributed by atoms with Gasteiger partial charge in [-0.25, -0.2) is 0 Å². The summed E-state index contributed by atoms with van der Waals surface area (Å²) in [6.45, 7) is 0.455. The van der Waals surface area contributed by atoms with Crippen molar-refractivity contribution in [1.82, 2.24) is 0 Å². The monoisotopic (exact) mass is 304 g/mol. The molecule has 0 aliphatic carbocycles. The Morgan fingerprint density at radius 3 is 3.00 bits per heavy atom. The van der Waals surface area contributed by atoms with Crippen molar-refractivity contribution in [2.45, 2.75) is 6.54 Å². The summed E-state index contributed by atoms with van der Waals surface area (Å²) in [4.78, 5) is 11.3. The summed E-state index contributed by atoms with van der Waals surface area (Å²) < 4.78 is 5.29. The molecule has 2 aromatic carbocycles. The largest absolute Gasteiger partial charge is 0.508 e. The minimum Gasteiger partial charge on any atom is -0.508 e. The van der Waals surface area contributed by atoms with Gasteiger partial charge >= 0.3 is 0 Å². The Balaban J connectivity index is 1.75. The molecule has 0 radical (unpaired) electrons. The van der Waals surface area contributed by atoms with Gasteiger partial charge in [0, 0.05) is 22.8 Å². The number of fused-ring (bicyclic) bond motifs is 1. The smallest absolute Gasteiger partial charge is 0.262 e. The molecule has 0 spiro atoms. The van der Waals surface area contributed by atoms with Crippen LogP contribution < -0.4 is 15.4 Å². The first-order chi connectivity index (χ1) is 10.1. The number of hydrogen-bond acceptors (Lipinski definition) is 4. The van der Waals surface area contributed by atoms with E-state index < -0.39 is 0 Å². The first kappa shape index (κ1) is 13.6. The number of carbonyl (C=O) groups is 1. The zero-order valence-electron chi connectivity index (χ0n) is 11.0. The number of anilines is 2. The van der Waals surface area contributed by atoms with Crippen LogP contribution in [0.1, 0.15) is 5.56 Å². The van der Waals surface area contributed by atoms with Crippen molar-refractivity contribution in [3.8, 4) is 11.5 Å². The van der Waals surface area contributed by atoms with Gasteiger partial charge in [0.15, 0.2) is 6.61 Å². The van der Waals surface area contributed by atoms with Crippen molar-refractivity contribution < 1.29 is 14.6 Å². The normalized spacial score (nSPS) is 13.1. The van der Waals surface area contributed by atoms with Gasteiger partial charge in [0.05, 0.1) is 5.69 Å². The molecule has 0 saturated carbocycles. The van der Waals surface area contributed by atoms with Gasteiger partial charge in [0.2, 0.25) is 0 Å². The fraction of sp³-hybridized carbons (Fsp3) is 0.133. The Bertz CT molecular complexity index is 703. The number of aromatic hydroxyl groups is 1. The molecule has 3 rings (SSSR count). The Labute approximate surface area is 126 Å². The molecule has 21 heavy (non-hydrogen) atoms. The topological polar surface area (TPSA) is 70.6 Å². The molecule has 108 valence electrons. The highest BCUT2D eigenvalue weighted by molar-refractivity contribution is 6.30. The van der Waals surface area contributed by atoms with Crippen LogP contribution in [0.15, 0.2) is 36.4 Å². The molecule has 0 bridgehead atoms. The average Bonchev–Trinajstić information content (AvgIpc) is 2.47. The van der Waals surface area contributed by atoms with E-state index in [1.54, 1.807) is 30.3 Å². The van der Waals surface area contributed by atoms with Gasteiger partial charge in [0.25, 0.3) is 5.91 Å². The summed E-state index contributed by atoms with van der Waals surface area (Å²) >= 11 is 5.91. The van der Waals surface area contributed by atoms with E-state index in [1.807, 2.05) is 6.07 Å². The van der Waals surface area contributed by atoms with E-state index in [2.05, 4.69) is 10.6 Å². The molecular weight excluding hydrogens is 292 g/mol. The van der Waals surface area contributed by atoms with Crippen LogP contribution in [0, 0.1) is 0 Å². The number of nitrogens with one attached hydrogen (secondary N) is 2. The van der Waals surface area contributed by atoms with Crippen molar-refractivity contribution in [2.24, 2.45) is 0 Å². The van der Waals surface area contributed by atoms with Crippen molar-refractivity contribution >= 4 is 28.9 Å². The van der Waals surface area contributed by atoms with Gasteiger partial charge in [-0.3, -0.25) is 4.79 Å². The number of amides is 1. The molecule has 1 aliphatic rings. The zero-order chi connectivity index (χ0) is 14.8. The molecule has 2 aromatic rings. The molecule has 0 atom stereocenters. The summed E-state index contributed by atoms with van der Waals surface area (Å²) in [5.74, 6) is 0.652. The molecular formula is C15H13ClN2O3. The van der Waals surface area contributed by atoms with Gasteiger partial charge in [-0.2, -0.15) is 0 Å². The minimum atomic E-state index is -0.174. The first-order valence-electron chi connectivity index (χ1n) is 6.40. The number of halogens is 1. The SMILES string of the molecule is O=C1COc2ccc(NCc3cc(Cl)ccc3O)cc2N1. The minimum absolute atomic E-state index is 0.0379. The van der Waals surface area contributed by atoms with Gasteiger partial charge in [-0.1, -0.05) is 11.6 Å². The molecule has 1 heterocycles. The Hall–Kier alpha value is -2.40. The van der Waals surface area contributed by atoms with Crippen LogP contribution in [-0.2, 0) is 11.3 Å². The fourth-order valence-electron chi connectivity index (χ4n) is 2.09. The molecule has 0 unspecified atom stereocenters. The van der Waals surface area contributed by atoms with Crippen LogP contribution in [0.2, 0.25) is 5.02 Å². The van der Waals surface area contributed by atoms with Crippen molar-refractivity contribution in [3.63, 3.8) is 0 Å². The van der Waals surface area contributed by atoms with Crippen molar-refractivity contribution in [1.29, 1.82) is 0 Å². The summed E-state index contributed by atoms with van der Waals surface area (Å²) in [7, 11) is 0. The summed E-state index contributed by atoms with van der Waals surface area (Å²) in [5, 5.41) is 16.2. The quantitative estimate of drug-likeness (QED) is 0.815. The first-order valence-corrected chi connectivity index (χ1v) is 6.77. The Kier molecular flexibility index (Phi) is 3.58. The molecule has 0 aromatic heterocycles. The highest BCUT2D eigenvalue weighted by atomic mass is 35.5. The maximum Gasteiger partial charge on any atom is 0.262 e. The number of rotatable bonds is 3. The van der Waals surface area contributed by atoms with Gasteiger partial charge in [0.1, 0.15) is 11.5 Å². The highest BCUT2D eigenvalue weighted by Crippen LogP contribution is 2.31. The third-order valence-corrected chi connectivity index (χ3v) is 3.37. The number of ether oxygens (including phenoxy) is 1. The fourth-order valence-corrected chi connectivity index (χ4v) is 2.28. The van der Waals surface area contributed by atoms with E-state index >= 15 is 0 Å². The van der Waals surface area contributed by atoms with Crippen LogP contribution >= 0.6 is 11.6 Å². The van der Waals surface area contributed by atoms with Gasteiger partial charge < -0.3 is 20.5 Å². The van der Waals surface area contributed by atoms with E-state index in [0.717, 1.165) is 5.69 Å². The van der Waals surface area contributed by atoms with Crippen LogP contribution in [-0.4, -0.2) is 17.6 Å². The van der Waals surface area contributed by atoms with Crippen LogP contribution in [0.5, 0.6) is 11.5 Å². The second-order valence-corrected chi connectivity index (χ2v) is 5.11. The molecule has 5 nitrogen and oxygen atoms in total. The molecule has 6 heteroatoms. The van der Waals surface area contributed by atoms with Crippen LogP contribution in [0.25, 0.3) is 0 Å².